The zero-order chi connectivity index (χ0) is 14.5. The van der Waals surface area contributed by atoms with E-state index in [0.717, 1.165) is 0 Å². The van der Waals surface area contributed by atoms with Crippen LogP contribution in [0, 0.1) is 10.1 Å². The van der Waals surface area contributed by atoms with E-state index in [-0.39, 0.29) is 17.2 Å². The lowest BCUT2D eigenvalue weighted by atomic mass is 10.1. The predicted octanol–water partition coefficient (Wildman–Crippen LogP) is 1.89. The predicted molar refractivity (Wildman–Crippen MR) is 72.6 cm³/mol. The van der Waals surface area contributed by atoms with Crippen LogP contribution in [-0.4, -0.2) is 33.5 Å². The Kier molecular flexibility index (Phi) is 4.04. The van der Waals surface area contributed by atoms with Gasteiger partial charge in [-0.2, -0.15) is 0 Å². The molecule has 2 heterocycles. The summed E-state index contributed by atoms with van der Waals surface area (Å²) < 4.78 is 5.06. The molecule has 20 heavy (non-hydrogen) atoms. The van der Waals surface area contributed by atoms with Gasteiger partial charge in [-0.3, -0.25) is 15.1 Å². The van der Waals surface area contributed by atoms with Crippen LogP contribution >= 0.6 is 0 Å². The molecular weight excluding hydrogens is 262 g/mol. The molecule has 0 amide bonds. The summed E-state index contributed by atoms with van der Waals surface area (Å²) in [7, 11) is 1.50. The summed E-state index contributed by atoms with van der Waals surface area (Å²) in [5, 5.41) is 14.1. The average molecular weight is 275 g/mol. The first-order valence-corrected chi connectivity index (χ1v) is 5.90. The zero-order valence-electron chi connectivity index (χ0n) is 11.0. The lowest BCUT2D eigenvalue weighted by Crippen LogP contribution is -2.06. The van der Waals surface area contributed by atoms with Crippen LogP contribution in [0.5, 0.6) is 5.75 Å². The van der Waals surface area contributed by atoms with E-state index in [2.05, 4.69) is 20.3 Å². The number of hydrogen-bond acceptors (Lipinski definition) is 7. The van der Waals surface area contributed by atoms with Crippen molar-refractivity contribution < 1.29 is 9.66 Å². The van der Waals surface area contributed by atoms with Crippen LogP contribution in [0.4, 0.5) is 11.5 Å². The Morgan fingerprint density at radius 1 is 1.40 bits per heavy atom. The molecule has 0 radical (unpaired) electrons. The van der Waals surface area contributed by atoms with Crippen LogP contribution in [0.3, 0.4) is 0 Å². The fraction of sp³-hybridized carbons (Fsp3) is 0.250. The number of rotatable bonds is 5. The number of nitrogens with one attached hydrogen (secondary N) is 1. The summed E-state index contributed by atoms with van der Waals surface area (Å²) in [5.74, 6) is 0.686. The molecule has 0 aliphatic carbocycles. The second-order valence-corrected chi connectivity index (χ2v) is 3.82. The molecule has 0 saturated carbocycles. The third-order valence-corrected chi connectivity index (χ3v) is 2.57. The molecule has 0 aromatic carbocycles. The third-order valence-electron chi connectivity index (χ3n) is 2.57. The molecule has 0 atom stereocenters. The van der Waals surface area contributed by atoms with Crippen molar-refractivity contribution in [2.45, 2.75) is 6.92 Å². The van der Waals surface area contributed by atoms with Gasteiger partial charge in [0.1, 0.15) is 12.1 Å². The van der Waals surface area contributed by atoms with Crippen LogP contribution in [-0.2, 0) is 0 Å². The first-order chi connectivity index (χ1) is 9.67. The van der Waals surface area contributed by atoms with Crippen molar-refractivity contribution in [1.82, 2.24) is 15.0 Å². The summed E-state index contributed by atoms with van der Waals surface area (Å²) in [6, 6.07) is 1.64. The van der Waals surface area contributed by atoms with Gasteiger partial charge in [-0.15, -0.1) is 0 Å². The van der Waals surface area contributed by atoms with Gasteiger partial charge < -0.3 is 10.1 Å². The van der Waals surface area contributed by atoms with Crippen LogP contribution in [0.15, 0.2) is 24.8 Å². The molecule has 104 valence electrons. The second-order valence-electron chi connectivity index (χ2n) is 3.82. The van der Waals surface area contributed by atoms with Gasteiger partial charge in [0.05, 0.1) is 18.2 Å². The molecule has 0 saturated heterocycles. The van der Waals surface area contributed by atoms with Gasteiger partial charge >= 0.3 is 5.69 Å². The Balaban J connectivity index is 2.60. The number of methoxy groups -OCH3 is 1. The minimum absolute atomic E-state index is 0.176. The first kappa shape index (κ1) is 13.7. The van der Waals surface area contributed by atoms with Crippen molar-refractivity contribution in [2.24, 2.45) is 0 Å². The summed E-state index contributed by atoms with van der Waals surface area (Å²) in [5.41, 5.74) is 0.523. The molecule has 0 aliphatic rings. The van der Waals surface area contributed by atoms with E-state index in [4.69, 9.17) is 4.74 Å². The quantitative estimate of drug-likeness (QED) is 0.656. The third kappa shape index (κ3) is 2.63. The standard InChI is InChI=1S/C12H13N5O3/c1-3-14-12-11(17(18)19)10(15-7-16-12)8-4-9(20-2)6-13-5-8/h4-7H,3H2,1-2H3,(H,14,15,16). The van der Waals surface area contributed by atoms with Crippen LogP contribution in [0.25, 0.3) is 11.3 Å². The van der Waals surface area contributed by atoms with Crippen molar-refractivity contribution in [1.29, 1.82) is 0 Å². The molecule has 2 aromatic heterocycles. The smallest absolute Gasteiger partial charge is 0.337 e. The monoisotopic (exact) mass is 275 g/mol. The SMILES string of the molecule is CCNc1ncnc(-c2cncc(OC)c2)c1[N+](=O)[O-]. The van der Waals surface area contributed by atoms with Gasteiger partial charge in [0, 0.05) is 18.3 Å². The van der Waals surface area contributed by atoms with Crippen molar-refractivity contribution in [2.75, 3.05) is 19.0 Å². The Morgan fingerprint density at radius 3 is 2.85 bits per heavy atom. The summed E-state index contributed by atoms with van der Waals surface area (Å²) >= 11 is 0. The number of ether oxygens (including phenoxy) is 1. The Morgan fingerprint density at radius 2 is 2.20 bits per heavy atom. The number of nitrogens with zero attached hydrogens (tertiary/aromatic N) is 4. The van der Waals surface area contributed by atoms with Crippen molar-refractivity contribution in [3.63, 3.8) is 0 Å². The van der Waals surface area contributed by atoms with E-state index in [1.807, 2.05) is 6.92 Å². The first-order valence-electron chi connectivity index (χ1n) is 5.90. The lowest BCUT2D eigenvalue weighted by Gasteiger charge is -2.07. The highest BCUT2D eigenvalue weighted by atomic mass is 16.6. The number of nitro groups is 1. The Hall–Kier alpha value is -2.77. The normalized spacial score (nSPS) is 10.1. The van der Waals surface area contributed by atoms with Gasteiger partial charge in [0.25, 0.3) is 0 Å². The van der Waals surface area contributed by atoms with Gasteiger partial charge in [0.2, 0.25) is 5.82 Å². The number of pyridine rings is 1. The number of anilines is 1. The number of hydrogen-bond donors (Lipinski definition) is 1. The van der Waals surface area contributed by atoms with Gasteiger partial charge in [-0.25, -0.2) is 9.97 Å². The highest BCUT2D eigenvalue weighted by Gasteiger charge is 2.23. The highest BCUT2D eigenvalue weighted by molar-refractivity contribution is 5.76. The van der Waals surface area contributed by atoms with E-state index in [0.29, 0.717) is 17.9 Å². The van der Waals surface area contributed by atoms with Crippen molar-refractivity contribution >= 4 is 11.5 Å². The van der Waals surface area contributed by atoms with E-state index in [1.54, 1.807) is 6.07 Å². The van der Waals surface area contributed by atoms with Gasteiger partial charge in [-0.05, 0) is 13.0 Å². The molecule has 2 rings (SSSR count). The minimum Gasteiger partial charge on any atom is -0.495 e. The van der Waals surface area contributed by atoms with Crippen LogP contribution in [0.2, 0.25) is 0 Å². The topological polar surface area (TPSA) is 103 Å². The Bertz CT molecular complexity index is 632. The maximum atomic E-state index is 11.3. The molecule has 0 unspecified atom stereocenters. The average Bonchev–Trinajstić information content (AvgIpc) is 2.47. The molecule has 8 heteroatoms. The maximum absolute atomic E-state index is 11.3. The molecule has 0 aliphatic heterocycles. The lowest BCUT2D eigenvalue weighted by molar-refractivity contribution is -0.383. The molecule has 8 nitrogen and oxygen atoms in total. The largest absolute Gasteiger partial charge is 0.495 e. The molecule has 0 spiro atoms. The molecule has 2 aromatic rings. The summed E-state index contributed by atoms with van der Waals surface area (Å²) in [4.78, 5) is 22.7. The van der Waals surface area contributed by atoms with Gasteiger partial charge in [0.15, 0.2) is 5.69 Å². The maximum Gasteiger partial charge on any atom is 0.337 e. The van der Waals surface area contributed by atoms with Crippen LogP contribution < -0.4 is 10.1 Å². The summed E-state index contributed by atoms with van der Waals surface area (Å²) in [6.07, 6.45) is 4.29. The minimum atomic E-state index is -0.507. The summed E-state index contributed by atoms with van der Waals surface area (Å²) in [6.45, 7) is 2.35. The van der Waals surface area contributed by atoms with Gasteiger partial charge in [-0.1, -0.05) is 0 Å². The fourth-order valence-electron chi connectivity index (χ4n) is 1.72. The van der Waals surface area contributed by atoms with Crippen molar-refractivity contribution in [3.05, 3.63) is 34.9 Å². The van der Waals surface area contributed by atoms with Crippen LogP contribution in [0.1, 0.15) is 6.92 Å². The fourth-order valence-corrected chi connectivity index (χ4v) is 1.72. The number of aromatic nitrogens is 3. The zero-order valence-corrected chi connectivity index (χ0v) is 11.0. The molecular formula is C12H13N5O3. The molecule has 0 fully saturated rings. The second kappa shape index (κ2) is 5.91. The molecule has 0 bridgehead atoms. The molecule has 1 N–H and O–H groups in total. The highest BCUT2D eigenvalue weighted by Crippen LogP contribution is 2.33. The van der Waals surface area contributed by atoms with Crippen molar-refractivity contribution in [3.8, 4) is 17.0 Å². The van der Waals surface area contributed by atoms with E-state index in [1.165, 1.54) is 25.8 Å². The van der Waals surface area contributed by atoms with E-state index < -0.39 is 4.92 Å². The Labute approximate surface area is 115 Å². The van der Waals surface area contributed by atoms with E-state index in [9.17, 15) is 10.1 Å². The van der Waals surface area contributed by atoms with E-state index >= 15 is 0 Å².